The number of benzene rings is 5. The van der Waals surface area contributed by atoms with Crippen LogP contribution in [0.5, 0.6) is 28.7 Å². The van der Waals surface area contributed by atoms with Crippen LogP contribution in [0.15, 0.2) is 72.8 Å². The number of hydrogen-bond acceptors (Lipinski definition) is 5. The molecule has 0 radical (unpaired) electrons. The van der Waals surface area contributed by atoms with E-state index in [0.29, 0.717) is 44.5 Å². The predicted molar refractivity (Wildman–Crippen MR) is 160 cm³/mol. The van der Waals surface area contributed by atoms with Gasteiger partial charge in [-0.2, -0.15) is 0 Å². The Kier molecular flexibility index (Phi) is 6.68. The molecule has 5 rings (SSSR count). The molecule has 0 spiro atoms. The average Bonchev–Trinajstić information content (AvgIpc) is 2.90. The van der Waals surface area contributed by atoms with Crippen molar-refractivity contribution < 1.29 is 25.5 Å². The van der Waals surface area contributed by atoms with E-state index < -0.39 is 0 Å². The van der Waals surface area contributed by atoms with E-state index in [-0.39, 0.29) is 28.7 Å². The predicted octanol–water partition coefficient (Wildman–Crippen LogP) is 8.42. The van der Waals surface area contributed by atoms with Crippen LogP contribution < -0.4 is 0 Å². The van der Waals surface area contributed by atoms with Crippen LogP contribution in [0.4, 0.5) is 0 Å². The molecular formula is C35H32O5. The van der Waals surface area contributed by atoms with Gasteiger partial charge >= 0.3 is 0 Å². The third kappa shape index (κ3) is 4.71. The topological polar surface area (TPSA) is 101 Å². The van der Waals surface area contributed by atoms with Crippen molar-refractivity contribution in [3.63, 3.8) is 0 Å². The first-order chi connectivity index (χ1) is 18.9. The molecule has 0 saturated carbocycles. The Morgan fingerprint density at radius 3 is 0.800 bits per heavy atom. The molecule has 0 aliphatic heterocycles. The second kappa shape index (κ2) is 10.0. The van der Waals surface area contributed by atoms with Crippen molar-refractivity contribution in [2.75, 3.05) is 0 Å². The lowest BCUT2D eigenvalue weighted by Gasteiger charge is -2.19. The minimum absolute atomic E-state index is 0.0446. The smallest absolute Gasteiger partial charge is 0.131 e. The van der Waals surface area contributed by atoms with Crippen LogP contribution in [0.3, 0.4) is 0 Å². The SMILES string of the molecule is Cc1ccc(O)c(-c2cc(C)cc(-c3cc(C)cc(-c4cc(C)cc(-c5cc(C)ccc5O)c4O)c3O)c2O)c1. The second-order valence-electron chi connectivity index (χ2n) is 10.7. The van der Waals surface area contributed by atoms with Gasteiger partial charge in [0.15, 0.2) is 0 Å². The standard InChI is InChI=1S/C35H32O5/c1-18-6-8-31(36)23(10-18)25-12-20(3)14-27(33(25)38)29-16-22(5)17-30(35(29)40)28-15-21(4)13-26(34(28)39)24-11-19(2)7-9-32(24)37/h6-17,36-40H,1-5H3. The van der Waals surface area contributed by atoms with Gasteiger partial charge < -0.3 is 25.5 Å². The van der Waals surface area contributed by atoms with E-state index in [9.17, 15) is 25.5 Å². The van der Waals surface area contributed by atoms with E-state index in [4.69, 9.17) is 0 Å². The van der Waals surface area contributed by atoms with Crippen molar-refractivity contribution in [1.29, 1.82) is 0 Å². The van der Waals surface area contributed by atoms with Gasteiger partial charge in [0.2, 0.25) is 0 Å². The molecule has 5 heteroatoms. The Labute approximate surface area is 233 Å². The number of aryl methyl sites for hydroxylation is 5. The molecular weight excluding hydrogens is 500 g/mol. The maximum absolute atomic E-state index is 11.7. The van der Waals surface area contributed by atoms with E-state index in [1.807, 2.05) is 46.8 Å². The van der Waals surface area contributed by atoms with E-state index >= 15 is 0 Å². The Bertz CT molecular complexity index is 1670. The summed E-state index contributed by atoms with van der Waals surface area (Å²) in [6, 6.07) is 21.1. The molecule has 0 amide bonds. The van der Waals surface area contributed by atoms with Crippen LogP contribution >= 0.6 is 0 Å². The van der Waals surface area contributed by atoms with Gasteiger partial charge in [0.1, 0.15) is 28.7 Å². The monoisotopic (exact) mass is 532 g/mol. The molecule has 0 aromatic heterocycles. The highest BCUT2D eigenvalue weighted by Gasteiger charge is 2.22. The molecule has 0 saturated heterocycles. The van der Waals surface area contributed by atoms with E-state index in [1.165, 1.54) is 0 Å². The Hall–Kier alpha value is -4.90. The summed E-state index contributed by atoms with van der Waals surface area (Å²) in [5.41, 5.74) is 7.83. The van der Waals surface area contributed by atoms with Crippen molar-refractivity contribution >= 4 is 0 Å². The molecule has 40 heavy (non-hydrogen) atoms. The molecule has 5 aromatic carbocycles. The maximum atomic E-state index is 11.7. The molecule has 0 atom stereocenters. The normalized spacial score (nSPS) is 11.1. The van der Waals surface area contributed by atoms with E-state index in [1.54, 1.807) is 60.7 Å². The fourth-order valence-electron chi connectivity index (χ4n) is 5.30. The number of hydrogen-bond donors (Lipinski definition) is 5. The number of rotatable bonds is 4. The lowest BCUT2D eigenvalue weighted by atomic mass is 9.88. The summed E-state index contributed by atoms with van der Waals surface area (Å²) in [5, 5.41) is 55.7. The average molecular weight is 533 g/mol. The molecule has 0 unspecified atom stereocenters. The van der Waals surface area contributed by atoms with Crippen molar-refractivity contribution in [2.24, 2.45) is 0 Å². The van der Waals surface area contributed by atoms with Crippen LogP contribution in [0.25, 0.3) is 44.5 Å². The first kappa shape index (κ1) is 26.7. The van der Waals surface area contributed by atoms with E-state index in [0.717, 1.165) is 27.8 Å². The molecule has 5 aromatic rings. The van der Waals surface area contributed by atoms with Gasteiger partial charge in [0.25, 0.3) is 0 Å². The molecule has 0 aliphatic carbocycles. The number of phenolic OH excluding ortho intramolecular Hbond substituents is 5. The van der Waals surface area contributed by atoms with Gasteiger partial charge in [-0.05, 0) is 112 Å². The van der Waals surface area contributed by atoms with Gasteiger partial charge in [-0.25, -0.2) is 0 Å². The zero-order valence-electron chi connectivity index (χ0n) is 23.2. The van der Waals surface area contributed by atoms with Gasteiger partial charge in [-0.1, -0.05) is 23.3 Å². The molecule has 5 N–H and O–H groups in total. The first-order valence-corrected chi connectivity index (χ1v) is 13.1. The van der Waals surface area contributed by atoms with Crippen LogP contribution in [-0.2, 0) is 0 Å². The van der Waals surface area contributed by atoms with Crippen LogP contribution in [0.2, 0.25) is 0 Å². The Morgan fingerprint density at radius 2 is 0.525 bits per heavy atom. The minimum atomic E-state index is -0.105. The van der Waals surface area contributed by atoms with Crippen molar-refractivity contribution in [3.05, 3.63) is 101 Å². The second-order valence-corrected chi connectivity index (χ2v) is 10.7. The van der Waals surface area contributed by atoms with Gasteiger partial charge in [0, 0.05) is 44.5 Å². The number of phenols is 5. The maximum Gasteiger partial charge on any atom is 0.131 e. The summed E-state index contributed by atoms with van der Waals surface area (Å²) in [6.07, 6.45) is 0. The minimum Gasteiger partial charge on any atom is -0.507 e. The van der Waals surface area contributed by atoms with Crippen LogP contribution in [-0.4, -0.2) is 25.5 Å². The summed E-state index contributed by atoms with van der Waals surface area (Å²) in [6.45, 7) is 9.48. The molecule has 5 nitrogen and oxygen atoms in total. The van der Waals surface area contributed by atoms with Crippen molar-refractivity contribution in [2.45, 2.75) is 34.6 Å². The fourth-order valence-corrected chi connectivity index (χ4v) is 5.30. The van der Waals surface area contributed by atoms with Crippen molar-refractivity contribution in [1.82, 2.24) is 0 Å². The van der Waals surface area contributed by atoms with Gasteiger partial charge in [-0.3, -0.25) is 0 Å². The molecule has 0 fully saturated rings. The lowest BCUT2D eigenvalue weighted by Crippen LogP contribution is -1.93. The molecule has 0 aliphatic rings. The Morgan fingerprint density at radius 1 is 0.300 bits per heavy atom. The highest BCUT2D eigenvalue weighted by atomic mass is 16.3. The van der Waals surface area contributed by atoms with Gasteiger partial charge in [-0.15, -0.1) is 0 Å². The summed E-state index contributed by atoms with van der Waals surface area (Å²) < 4.78 is 0. The zero-order valence-corrected chi connectivity index (χ0v) is 23.2. The number of aromatic hydroxyl groups is 5. The molecule has 0 heterocycles. The summed E-state index contributed by atoms with van der Waals surface area (Å²) in [4.78, 5) is 0. The third-order valence-corrected chi connectivity index (χ3v) is 7.23. The Balaban J connectivity index is 1.75. The van der Waals surface area contributed by atoms with Crippen molar-refractivity contribution in [3.8, 4) is 73.3 Å². The van der Waals surface area contributed by atoms with Gasteiger partial charge in [0.05, 0.1) is 0 Å². The molecule has 202 valence electrons. The zero-order chi connectivity index (χ0) is 28.9. The summed E-state index contributed by atoms with van der Waals surface area (Å²) >= 11 is 0. The molecule has 0 bridgehead atoms. The lowest BCUT2D eigenvalue weighted by molar-refractivity contribution is 0.465. The highest BCUT2D eigenvalue weighted by Crippen LogP contribution is 2.50. The van der Waals surface area contributed by atoms with Crippen LogP contribution in [0, 0.1) is 34.6 Å². The van der Waals surface area contributed by atoms with E-state index in [2.05, 4.69) is 0 Å². The highest BCUT2D eigenvalue weighted by molar-refractivity contribution is 5.93. The largest absolute Gasteiger partial charge is 0.507 e. The van der Waals surface area contributed by atoms with Crippen LogP contribution in [0.1, 0.15) is 27.8 Å². The first-order valence-electron chi connectivity index (χ1n) is 13.1. The summed E-state index contributed by atoms with van der Waals surface area (Å²) in [7, 11) is 0. The quantitative estimate of drug-likeness (QED) is 0.160. The fraction of sp³-hybridized carbons (Fsp3) is 0.143. The third-order valence-electron chi connectivity index (χ3n) is 7.23. The summed E-state index contributed by atoms with van der Waals surface area (Å²) in [5.74, 6) is -0.160.